The van der Waals surface area contributed by atoms with Gasteiger partial charge in [-0.15, -0.1) is 0 Å². The molecule has 1 aliphatic heterocycles. The van der Waals surface area contributed by atoms with E-state index in [9.17, 15) is 0 Å². The highest BCUT2D eigenvalue weighted by Gasteiger charge is 2.11. The smallest absolute Gasteiger partial charge is 0.132 e. The van der Waals surface area contributed by atoms with E-state index >= 15 is 0 Å². The fraction of sp³-hybridized carbons (Fsp3) is 0.438. The van der Waals surface area contributed by atoms with E-state index in [4.69, 9.17) is 4.74 Å². The topological polar surface area (TPSA) is 42.3 Å². The molecule has 0 spiro atoms. The van der Waals surface area contributed by atoms with Crippen molar-refractivity contribution in [2.45, 2.75) is 13.5 Å². The summed E-state index contributed by atoms with van der Waals surface area (Å²) in [5.41, 5.74) is 3.39. The van der Waals surface area contributed by atoms with E-state index in [1.54, 1.807) is 4.68 Å². The summed E-state index contributed by atoms with van der Waals surface area (Å²) in [6.07, 6.45) is 1.93. The lowest BCUT2D eigenvalue weighted by Crippen LogP contribution is -2.43. The zero-order chi connectivity index (χ0) is 14.7. The van der Waals surface area contributed by atoms with Crippen LogP contribution in [0.2, 0.25) is 0 Å². The third-order valence-electron chi connectivity index (χ3n) is 3.79. The van der Waals surface area contributed by atoms with Crippen LogP contribution in [0, 0.1) is 6.92 Å². The number of ether oxygens (including phenoxy) is 1. The summed E-state index contributed by atoms with van der Waals surface area (Å²) in [5.74, 6) is 0.930. The Morgan fingerprint density at radius 3 is 2.71 bits per heavy atom. The SMILES string of the molecule is Cc1cc(N2CCNCC2)ccc1OCc1ccn(C)n1. The molecule has 0 atom stereocenters. The van der Waals surface area contributed by atoms with Crippen molar-refractivity contribution in [1.82, 2.24) is 15.1 Å². The number of rotatable bonds is 4. The Labute approximate surface area is 125 Å². The lowest BCUT2D eigenvalue weighted by atomic mass is 10.1. The van der Waals surface area contributed by atoms with Gasteiger partial charge in [0, 0.05) is 45.1 Å². The van der Waals surface area contributed by atoms with Gasteiger partial charge >= 0.3 is 0 Å². The molecule has 5 heteroatoms. The van der Waals surface area contributed by atoms with Crippen molar-refractivity contribution >= 4 is 5.69 Å². The summed E-state index contributed by atoms with van der Waals surface area (Å²) in [5, 5.41) is 7.70. The highest BCUT2D eigenvalue weighted by Crippen LogP contribution is 2.25. The Hall–Kier alpha value is -2.01. The second kappa shape index (κ2) is 6.18. The first-order valence-corrected chi connectivity index (χ1v) is 7.40. The molecule has 2 heterocycles. The quantitative estimate of drug-likeness (QED) is 0.929. The van der Waals surface area contributed by atoms with E-state index in [1.807, 2.05) is 19.3 Å². The van der Waals surface area contributed by atoms with Crippen molar-refractivity contribution in [3.05, 3.63) is 41.7 Å². The molecule has 0 radical (unpaired) electrons. The number of benzene rings is 1. The Kier molecular flexibility index (Phi) is 4.10. The highest BCUT2D eigenvalue weighted by molar-refractivity contribution is 5.53. The normalized spacial score (nSPS) is 15.2. The molecule has 5 nitrogen and oxygen atoms in total. The Balaban J connectivity index is 1.66. The fourth-order valence-corrected chi connectivity index (χ4v) is 2.61. The van der Waals surface area contributed by atoms with Crippen molar-refractivity contribution in [2.75, 3.05) is 31.1 Å². The Bertz CT molecular complexity index is 602. The van der Waals surface area contributed by atoms with Gasteiger partial charge in [0.1, 0.15) is 12.4 Å². The van der Waals surface area contributed by atoms with Crippen molar-refractivity contribution in [1.29, 1.82) is 0 Å². The van der Waals surface area contributed by atoms with Gasteiger partial charge in [-0.05, 0) is 36.8 Å². The van der Waals surface area contributed by atoms with Crippen LogP contribution < -0.4 is 15.0 Å². The third kappa shape index (κ3) is 3.36. The second-order valence-corrected chi connectivity index (χ2v) is 5.46. The number of aryl methyl sites for hydroxylation is 2. The molecule has 3 rings (SSSR count). The van der Waals surface area contributed by atoms with E-state index < -0.39 is 0 Å². The van der Waals surface area contributed by atoms with Gasteiger partial charge in [0.05, 0.1) is 5.69 Å². The average Bonchev–Trinajstić information content (AvgIpc) is 2.92. The number of nitrogens with zero attached hydrogens (tertiary/aromatic N) is 3. The number of anilines is 1. The zero-order valence-electron chi connectivity index (χ0n) is 12.7. The zero-order valence-corrected chi connectivity index (χ0v) is 12.7. The van der Waals surface area contributed by atoms with Gasteiger partial charge in [-0.2, -0.15) is 5.10 Å². The summed E-state index contributed by atoms with van der Waals surface area (Å²) < 4.78 is 7.66. The first-order valence-electron chi connectivity index (χ1n) is 7.40. The number of nitrogens with one attached hydrogen (secondary N) is 1. The maximum absolute atomic E-state index is 5.87. The van der Waals surface area contributed by atoms with Crippen LogP contribution in [0.1, 0.15) is 11.3 Å². The van der Waals surface area contributed by atoms with Gasteiger partial charge < -0.3 is 15.0 Å². The van der Waals surface area contributed by atoms with E-state index in [0.717, 1.165) is 37.6 Å². The van der Waals surface area contributed by atoms with E-state index in [1.165, 1.54) is 11.3 Å². The van der Waals surface area contributed by atoms with Crippen LogP contribution in [0.4, 0.5) is 5.69 Å². The first-order chi connectivity index (χ1) is 10.2. The molecule has 0 saturated carbocycles. The summed E-state index contributed by atoms with van der Waals surface area (Å²) in [4.78, 5) is 2.41. The highest BCUT2D eigenvalue weighted by atomic mass is 16.5. The van der Waals surface area contributed by atoms with Gasteiger partial charge in [-0.3, -0.25) is 4.68 Å². The van der Waals surface area contributed by atoms with E-state index in [-0.39, 0.29) is 0 Å². The molecule has 2 aromatic rings. The van der Waals surface area contributed by atoms with Crippen LogP contribution in [0.3, 0.4) is 0 Å². The van der Waals surface area contributed by atoms with Crippen LogP contribution in [0.15, 0.2) is 30.5 Å². The Morgan fingerprint density at radius 2 is 2.05 bits per heavy atom. The molecule has 1 aromatic heterocycles. The lowest BCUT2D eigenvalue weighted by molar-refractivity contribution is 0.298. The van der Waals surface area contributed by atoms with Crippen molar-refractivity contribution < 1.29 is 4.74 Å². The molecule has 1 fully saturated rings. The lowest BCUT2D eigenvalue weighted by Gasteiger charge is -2.29. The molecule has 0 amide bonds. The van der Waals surface area contributed by atoms with E-state index in [2.05, 4.69) is 40.4 Å². The number of piperazine rings is 1. The first kappa shape index (κ1) is 13.9. The van der Waals surface area contributed by atoms with Crippen LogP contribution >= 0.6 is 0 Å². The van der Waals surface area contributed by atoms with Crippen LogP contribution in [-0.2, 0) is 13.7 Å². The van der Waals surface area contributed by atoms with Gasteiger partial charge in [-0.1, -0.05) is 0 Å². The Morgan fingerprint density at radius 1 is 1.24 bits per heavy atom. The number of hydrogen-bond acceptors (Lipinski definition) is 4. The number of hydrogen-bond donors (Lipinski definition) is 1. The molecule has 0 bridgehead atoms. The summed E-state index contributed by atoms with van der Waals surface area (Å²) in [6, 6.07) is 8.39. The molecule has 1 saturated heterocycles. The minimum Gasteiger partial charge on any atom is -0.487 e. The molecule has 1 N–H and O–H groups in total. The average molecular weight is 286 g/mol. The standard InChI is InChI=1S/C16H22N4O/c1-13-11-15(20-9-6-17-7-10-20)3-4-16(13)21-12-14-5-8-19(2)18-14/h3-5,8,11,17H,6-7,9-10,12H2,1-2H3. The maximum atomic E-state index is 5.87. The molecule has 1 aromatic carbocycles. The van der Waals surface area contributed by atoms with Gasteiger partial charge in [0.15, 0.2) is 0 Å². The molecular formula is C16H22N4O. The van der Waals surface area contributed by atoms with Gasteiger partial charge in [0.2, 0.25) is 0 Å². The van der Waals surface area contributed by atoms with Gasteiger partial charge in [0.25, 0.3) is 0 Å². The maximum Gasteiger partial charge on any atom is 0.132 e. The van der Waals surface area contributed by atoms with Crippen LogP contribution in [0.25, 0.3) is 0 Å². The summed E-state index contributed by atoms with van der Waals surface area (Å²) in [7, 11) is 1.91. The minimum absolute atomic E-state index is 0.509. The predicted molar refractivity (Wildman–Crippen MR) is 83.8 cm³/mol. The predicted octanol–water partition coefficient (Wildman–Crippen LogP) is 1.72. The van der Waals surface area contributed by atoms with Gasteiger partial charge in [-0.25, -0.2) is 0 Å². The second-order valence-electron chi connectivity index (χ2n) is 5.46. The minimum atomic E-state index is 0.509. The number of aromatic nitrogens is 2. The van der Waals surface area contributed by atoms with Crippen LogP contribution in [0.5, 0.6) is 5.75 Å². The molecular weight excluding hydrogens is 264 g/mol. The summed E-state index contributed by atoms with van der Waals surface area (Å²) in [6.45, 7) is 6.84. The molecule has 112 valence electrons. The van der Waals surface area contributed by atoms with Crippen LogP contribution in [-0.4, -0.2) is 36.0 Å². The summed E-state index contributed by atoms with van der Waals surface area (Å²) >= 11 is 0. The van der Waals surface area contributed by atoms with E-state index in [0.29, 0.717) is 6.61 Å². The molecule has 21 heavy (non-hydrogen) atoms. The van der Waals surface area contributed by atoms with Crippen molar-refractivity contribution in [2.24, 2.45) is 7.05 Å². The third-order valence-corrected chi connectivity index (χ3v) is 3.79. The van der Waals surface area contributed by atoms with Crippen molar-refractivity contribution in [3.63, 3.8) is 0 Å². The largest absolute Gasteiger partial charge is 0.487 e. The van der Waals surface area contributed by atoms with Crippen molar-refractivity contribution in [3.8, 4) is 5.75 Å². The molecule has 0 aliphatic carbocycles. The molecule has 1 aliphatic rings. The fourth-order valence-electron chi connectivity index (χ4n) is 2.61. The molecule has 0 unspecified atom stereocenters. The monoisotopic (exact) mass is 286 g/mol.